The number of hydrogen-bond donors (Lipinski definition) is 0. The Balaban J connectivity index is 1.67. The number of nitrogens with zero attached hydrogens (tertiary/aromatic N) is 4. The van der Waals surface area contributed by atoms with Gasteiger partial charge in [0.25, 0.3) is 0 Å². The molecule has 5 nitrogen and oxygen atoms in total. The number of ether oxygens (including phenoxy) is 1. The van der Waals surface area contributed by atoms with Crippen LogP contribution in [-0.4, -0.2) is 51.3 Å². The average Bonchev–Trinajstić information content (AvgIpc) is 3.27. The molecule has 124 valence electrons. The Bertz CT molecular complexity index is 675. The van der Waals surface area contributed by atoms with Crippen molar-refractivity contribution in [3.8, 4) is 0 Å². The highest BCUT2D eigenvalue weighted by Gasteiger charge is 2.30. The van der Waals surface area contributed by atoms with Crippen molar-refractivity contribution in [1.82, 2.24) is 19.4 Å². The van der Waals surface area contributed by atoms with Crippen molar-refractivity contribution in [1.29, 1.82) is 0 Å². The highest BCUT2D eigenvalue weighted by atomic mass is 16.5. The van der Waals surface area contributed by atoms with Crippen LogP contribution in [0, 0.1) is 0 Å². The van der Waals surface area contributed by atoms with Crippen LogP contribution in [0.5, 0.6) is 0 Å². The SMILES string of the molecule is CC(C)N1CCC(c2nc3cccnc3n2CC2CCCO2)C1. The van der Waals surface area contributed by atoms with Crippen molar-refractivity contribution < 1.29 is 4.74 Å². The Labute approximate surface area is 137 Å². The summed E-state index contributed by atoms with van der Waals surface area (Å²) in [5.41, 5.74) is 2.03. The molecular formula is C18H26N4O. The highest BCUT2D eigenvalue weighted by molar-refractivity contribution is 5.71. The van der Waals surface area contributed by atoms with Gasteiger partial charge in [0.2, 0.25) is 0 Å². The van der Waals surface area contributed by atoms with Gasteiger partial charge < -0.3 is 14.2 Å². The fourth-order valence-corrected chi connectivity index (χ4v) is 3.93. The number of fused-ring (bicyclic) bond motifs is 1. The maximum atomic E-state index is 5.87. The molecule has 0 radical (unpaired) electrons. The van der Waals surface area contributed by atoms with E-state index in [1.165, 1.54) is 25.2 Å². The summed E-state index contributed by atoms with van der Waals surface area (Å²) in [7, 11) is 0. The number of hydrogen-bond acceptors (Lipinski definition) is 4. The van der Waals surface area contributed by atoms with Gasteiger partial charge in [-0.15, -0.1) is 0 Å². The molecule has 0 aliphatic carbocycles. The molecule has 23 heavy (non-hydrogen) atoms. The van der Waals surface area contributed by atoms with Gasteiger partial charge in [-0.2, -0.15) is 0 Å². The second-order valence-corrected chi connectivity index (χ2v) is 7.14. The molecule has 0 N–H and O–H groups in total. The molecule has 0 amide bonds. The summed E-state index contributed by atoms with van der Waals surface area (Å²) < 4.78 is 8.20. The van der Waals surface area contributed by atoms with Crippen molar-refractivity contribution in [3.05, 3.63) is 24.2 Å². The molecule has 2 aromatic rings. The minimum absolute atomic E-state index is 0.316. The van der Waals surface area contributed by atoms with Crippen LogP contribution in [0.3, 0.4) is 0 Å². The monoisotopic (exact) mass is 314 g/mol. The number of rotatable bonds is 4. The van der Waals surface area contributed by atoms with Gasteiger partial charge in [0, 0.05) is 31.3 Å². The van der Waals surface area contributed by atoms with E-state index in [9.17, 15) is 0 Å². The molecule has 2 unspecified atom stereocenters. The van der Waals surface area contributed by atoms with Gasteiger partial charge in [-0.1, -0.05) is 0 Å². The van der Waals surface area contributed by atoms with Crippen LogP contribution in [0.1, 0.15) is 44.9 Å². The number of imidazole rings is 1. The predicted octanol–water partition coefficient (Wildman–Crippen LogP) is 2.81. The number of pyridine rings is 1. The lowest BCUT2D eigenvalue weighted by Crippen LogP contribution is -2.28. The van der Waals surface area contributed by atoms with E-state index in [2.05, 4.69) is 34.4 Å². The largest absolute Gasteiger partial charge is 0.376 e. The lowest BCUT2D eigenvalue weighted by atomic mass is 10.1. The molecular weight excluding hydrogens is 288 g/mol. The minimum Gasteiger partial charge on any atom is -0.376 e. The van der Waals surface area contributed by atoms with E-state index in [0.29, 0.717) is 18.1 Å². The molecule has 5 heteroatoms. The number of aromatic nitrogens is 3. The first kappa shape index (κ1) is 15.1. The standard InChI is InChI=1S/C18H26N4O/c1-13(2)21-9-7-14(11-21)17-20-16-6-3-8-19-18(16)22(17)12-15-5-4-10-23-15/h3,6,8,13-15H,4-5,7,9-12H2,1-2H3. The van der Waals surface area contributed by atoms with Gasteiger partial charge in [-0.05, 0) is 51.8 Å². The molecule has 2 aliphatic rings. The zero-order chi connectivity index (χ0) is 15.8. The molecule has 0 spiro atoms. The third-order valence-electron chi connectivity index (χ3n) is 5.26. The lowest BCUT2D eigenvalue weighted by molar-refractivity contribution is 0.0968. The maximum Gasteiger partial charge on any atom is 0.160 e. The summed E-state index contributed by atoms with van der Waals surface area (Å²) in [5.74, 6) is 1.71. The van der Waals surface area contributed by atoms with E-state index in [-0.39, 0.29) is 0 Å². The van der Waals surface area contributed by atoms with Gasteiger partial charge >= 0.3 is 0 Å². The Morgan fingerprint density at radius 2 is 2.26 bits per heavy atom. The first-order valence-corrected chi connectivity index (χ1v) is 8.89. The third kappa shape index (κ3) is 2.88. The van der Waals surface area contributed by atoms with Crippen molar-refractivity contribution >= 4 is 11.2 Å². The summed E-state index contributed by atoms with van der Waals surface area (Å²) in [4.78, 5) is 12.1. The van der Waals surface area contributed by atoms with Gasteiger partial charge in [-0.3, -0.25) is 0 Å². The van der Waals surface area contributed by atoms with Gasteiger partial charge in [-0.25, -0.2) is 9.97 Å². The Morgan fingerprint density at radius 3 is 3.00 bits per heavy atom. The van der Waals surface area contributed by atoms with Crippen LogP contribution in [0.4, 0.5) is 0 Å². The highest BCUT2D eigenvalue weighted by Crippen LogP contribution is 2.30. The fraction of sp³-hybridized carbons (Fsp3) is 0.667. The zero-order valence-electron chi connectivity index (χ0n) is 14.1. The van der Waals surface area contributed by atoms with Crippen LogP contribution in [0.15, 0.2) is 18.3 Å². The molecule has 0 aromatic carbocycles. The number of likely N-dealkylation sites (tertiary alicyclic amines) is 1. The van der Waals surface area contributed by atoms with E-state index >= 15 is 0 Å². The summed E-state index contributed by atoms with van der Waals surface area (Å²) >= 11 is 0. The molecule has 2 saturated heterocycles. The third-order valence-corrected chi connectivity index (χ3v) is 5.26. The quantitative estimate of drug-likeness (QED) is 0.870. The normalized spacial score (nSPS) is 25.9. The first-order valence-electron chi connectivity index (χ1n) is 8.89. The predicted molar refractivity (Wildman–Crippen MR) is 90.6 cm³/mol. The smallest absolute Gasteiger partial charge is 0.160 e. The molecule has 4 rings (SSSR count). The molecule has 0 bridgehead atoms. The second-order valence-electron chi connectivity index (χ2n) is 7.14. The molecule has 2 aromatic heterocycles. The second kappa shape index (κ2) is 6.21. The summed E-state index contributed by atoms with van der Waals surface area (Å²) in [5, 5.41) is 0. The fourth-order valence-electron chi connectivity index (χ4n) is 3.93. The van der Waals surface area contributed by atoms with Crippen molar-refractivity contribution in [2.45, 2.75) is 57.7 Å². The van der Waals surface area contributed by atoms with Crippen molar-refractivity contribution in [3.63, 3.8) is 0 Å². The molecule has 2 aliphatic heterocycles. The van der Waals surface area contributed by atoms with Crippen LogP contribution >= 0.6 is 0 Å². The van der Waals surface area contributed by atoms with Gasteiger partial charge in [0.15, 0.2) is 5.65 Å². The average molecular weight is 314 g/mol. The van der Waals surface area contributed by atoms with Crippen molar-refractivity contribution in [2.75, 3.05) is 19.7 Å². The summed E-state index contributed by atoms with van der Waals surface area (Å²) in [6.45, 7) is 8.61. The minimum atomic E-state index is 0.316. The topological polar surface area (TPSA) is 43.2 Å². The molecule has 0 saturated carbocycles. The van der Waals surface area contributed by atoms with Crippen molar-refractivity contribution in [2.24, 2.45) is 0 Å². The first-order chi connectivity index (χ1) is 11.2. The van der Waals surface area contributed by atoms with E-state index in [0.717, 1.165) is 37.3 Å². The van der Waals surface area contributed by atoms with Crippen LogP contribution in [-0.2, 0) is 11.3 Å². The van der Waals surface area contributed by atoms with Gasteiger partial charge in [0.1, 0.15) is 11.3 Å². The summed E-state index contributed by atoms with van der Waals surface area (Å²) in [6.07, 6.45) is 5.69. The van der Waals surface area contributed by atoms with E-state index in [4.69, 9.17) is 9.72 Å². The maximum absolute atomic E-state index is 5.87. The zero-order valence-corrected chi connectivity index (χ0v) is 14.1. The van der Waals surface area contributed by atoms with Crippen LogP contribution in [0.25, 0.3) is 11.2 Å². The van der Waals surface area contributed by atoms with E-state index in [1.807, 2.05) is 12.3 Å². The molecule has 2 atom stereocenters. The van der Waals surface area contributed by atoms with E-state index in [1.54, 1.807) is 0 Å². The van der Waals surface area contributed by atoms with Crippen LogP contribution in [0.2, 0.25) is 0 Å². The molecule has 4 heterocycles. The lowest BCUT2D eigenvalue weighted by Gasteiger charge is -2.21. The summed E-state index contributed by atoms with van der Waals surface area (Å²) in [6, 6.07) is 4.66. The Kier molecular flexibility index (Phi) is 4.07. The Morgan fingerprint density at radius 1 is 1.35 bits per heavy atom. The van der Waals surface area contributed by atoms with E-state index < -0.39 is 0 Å². The Hall–Kier alpha value is -1.46. The molecule has 2 fully saturated rings. The van der Waals surface area contributed by atoms with Gasteiger partial charge in [0.05, 0.1) is 12.6 Å². The van der Waals surface area contributed by atoms with Crippen LogP contribution < -0.4 is 0 Å².